The van der Waals surface area contributed by atoms with E-state index in [9.17, 15) is 4.79 Å². The first-order valence-corrected chi connectivity index (χ1v) is 8.71. The predicted octanol–water partition coefficient (Wildman–Crippen LogP) is 4.20. The van der Waals surface area contributed by atoms with E-state index in [0.717, 1.165) is 35.3 Å². The smallest absolute Gasteiger partial charge is 0.253 e. The van der Waals surface area contributed by atoms with Crippen molar-refractivity contribution in [2.45, 2.75) is 31.4 Å². The molecule has 0 aliphatic carbocycles. The zero-order valence-electron chi connectivity index (χ0n) is 11.3. The zero-order valence-corrected chi connectivity index (χ0v) is 13.7. The largest absolute Gasteiger partial charge is 0.338 e. The van der Waals surface area contributed by atoms with Crippen molar-refractivity contribution < 1.29 is 4.79 Å². The lowest BCUT2D eigenvalue weighted by molar-refractivity contribution is 0.0763. The Hall–Kier alpha value is -0.480. The minimum atomic E-state index is 0.177. The van der Waals surface area contributed by atoms with Gasteiger partial charge in [-0.2, -0.15) is 11.8 Å². The van der Waals surface area contributed by atoms with E-state index in [1.807, 2.05) is 40.9 Å². The van der Waals surface area contributed by atoms with Crippen LogP contribution in [0.3, 0.4) is 0 Å². The van der Waals surface area contributed by atoms with E-state index >= 15 is 0 Å². The van der Waals surface area contributed by atoms with Crippen LogP contribution in [0, 0.1) is 0 Å². The lowest BCUT2D eigenvalue weighted by Crippen LogP contribution is -2.35. The maximum Gasteiger partial charge on any atom is 0.253 e. The average Bonchev–Trinajstić information content (AvgIpc) is 2.65. The van der Waals surface area contributed by atoms with Crippen LogP contribution < -0.4 is 0 Å². The van der Waals surface area contributed by atoms with E-state index in [1.165, 1.54) is 12.8 Å². The molecule has 1 aromatic rings. The van der Waals surface area contributed by atoms with Crippen LogP contribution >= 0.6 is 27.7 Å². The molecule has 1 saturated heterocycles. The molecule has 0 N–H and O–H groups in total. The van der Waals surface area contributed by atoms with Gasteiger partial charge in [0.1, 0.15) is 0 Å². The second-order valence-electron chi connectivity index (χ2n) is 4.83. The van der Waals surface area contributed by atoms with E-state index in [2.05, 4.69) is 22.9 Å². The zero-order chi connectivity index (χ0) is 13.7. The number of rotatable bonds is 3. The number of carbonyl (C=O) groups is 1. The van der Waals surface area contributed by atoms with E-state index < -0.39 is 0 Å². The Morgan fingerprint density at radius 1 is 1.37 bits per heavy atom. The fraction of sp³-hybridized carbons (Fsp3) is 0.533. The SMILES string of the molecule is CCSC1CCCCN(C(=O)c2ccc(Br)cc2)C1. The van der Waals surface area contributed by atoms with Crippen LogP contribution in [0.1, 0.15) is 36.5 Å². The highest BCUT2D eigenvalue weighted by atomic mass is 79.9. The summed E-state index contributed by atoms with van der Waals surface area (Å²) >= 11 is 5.39. The third-order valence-electron chi connectivity index (χ3n) is 3.41. The number of thioether (sulfide) groups is 1. The van der Waals surface area contributed by atoms with Crippen LogP contribution in [0.15, 0.2) is 28.7 Å². The van der Waals surface area contributed by atoms with Crippen molar-refractivity contribution in [3.05, 3.63) is 34.3 Å². The molecule has 0 aromatic heterocycles. The number of hydrogen-bond donors (Lipinski definition) is 0. The maximum absolute atomic E-state index is 12.5. The molecule has 19 heavy (non-hydrogen) atoms. The van der Waals surface area contributed by atoms with Crippen molar-refractivity contribution >= 4 is 33.6 Å². The van der Waals surface area contributed by atoms with Gasteiger partial charge in [0.05, 0.1) is 0 Å². The third kappa shape index (κ3) is 4.25. The lowest BCUT2D eigenvalue weighted by atomic mass is 10.2. The fourth-order valence-corrected chi connectivity index (χ4v) is 3.79. The Balaban J connectivity index is 2.06. The number of likely N-dealkylation sites (tertiary alicyclic amines) is 1. The molecule has 1 atom stereocenters. The number of nitrogens with zero attached hydrogens (tertiary/aromatic N) is 1. The van der Waals surface area contributed by atoms with Gasteiger partial charge in [-0.25, -0.2) is 0 Å². The van der Waals surface area contributed by atoms with Crippen molar-refractivity contribution in [3.8, 4) is 0 Å². The minimum Gasteiger partial charge on any atom is -0.338 e. The highest BCUT2D eigenvalue weighted by molar-refractivity contribution is 9.10. The number of benzene rings is 1. The molecule has 0 radical (unpaired) electrons. The molecule has 1 aromatic carbocycles. The van der Waals surface area contributed by atoms with Crippen LogP contribution in [0.25, 0.3) is 0 Å². The molecule has 104 valence electrons. The summed E-state index contributed by atoms with van der Waals surface area (Å²) in [6.07, 6.45) is 3.60. The molecule has 2 nitrogen and oxygen atoms in total. The summed E-state index contributed by atoms with van der Waals surface area (Å²) < 4.78 is 1.01. The van der Waals surface area contributed by atoms with Crippen molar-refractivity contribution in [3.63, 3.8) is 0 Å². The molecule has 1 amide bonds. The Morgan fingerprint density at radius 3 is 2.79 bits per heavy atom. The van der Waals surface area contributed by atoms with E-state index in [-0.39, 0.29) is 5.91 Å². The molecule has 1 aliphatic rings. The van der Waals surface area contributed by atoms with Gasteiger partial charge in [-0.1, -0.05) is 29.3 Å². The molecular formula is C15H20BrNOS. The van der Waals surface area contributed by atoms with Gasteiger partial charge in [-0.15, -0.1) is 0 Å². The third-order valence-corrected chi connectivity index (χ3v) is 5.13. The van der Waals surface area contributed by atoms with Gasteiger partial charge in [-0.05, 0) is 42.9 Å². The summed E-state index contributed by atoms with van der Waals surface area (Å²) in [7, 11) is 0. The predicted molar refractivity (Wildman–Crippen MR) is 85.8 cm³/mol. The Kier molecular flexibility index (Phi) is 5.76. The maximum atomic E-state index is 12.5. The quantitative estimate of drug-likeness (QED) is 0.821. The van der Waals surface area contributed by atoms with Crippen molar-refractivity contribution in [1.82, 2.24) is 4.90 Å². The number of hydrogen-bond acceptors (Lipinski definition) is 2. The summed E-state index contributed by atoms with van der Waals surface area (Å²) in [5.74, 6) is 1.31. The standard InChI is InChI=1S/C15H20BrNOS/c1-2-19-14-5-3-4-10-17(11-14)15(18)12-6-8-13(16)9-7-12/h6-9,14H,2-5,10-11H2,1H3. The van der Waals surface area contributed by atoms with Gasteiger partial charge >= 0.3 is 0 Å². The molecule has 2 rings (SSSR count). The minimum absolute atomic E-state index is 0.177. The monoisotopic (exact) mass is 341 g/mol. The number of carbonyl (C=O) groups excluding carboxylic acids is 1. The normalized spacial score (nSPS) is 20.1. The van der Waals surface area contributed by atoms with Crippen LogP contribution in [-0.2, 0) is 0 Å². The first-order chi connectivity index (χ1) is 9.20. The Labute approximate surface area is 128 Å². The molecule has 0 bridgehead atoms. The lowest BCUT2D eigenvalue weighted by Gasteiger charge is -2.24. The van der Waals surface area contributed by atoms with Crippen LogP contribution in [0.2, 0.25) is 0 Å². The molecule has 1 fully saturated rings. The summed E-state index contributed by atoms with van der Waals surface area (Å²) in [6.45, 7) is 3.99. The molecule has 1 heterocycles. The van der Waals surface area contributed by atoms with E-state index in [4.69, 9.17) is 0 Å². The van der Waals surface area contributed by atoms with Crippen LogP contribution in [0.5, 0.6) is 0 Å². The van der Waals surface area contributed by atoms with Crippen LogP contribution in [-0.4, -0.2) is 34.9 Å². The second kappa shape index (κ2) is 7.34. The average molecular weight is 342 g/mol. The van der Waals surface area contributed by atoms with Gasteiger partial charge in [0.25, 0.3) is 5.91 Å². The van der Waals surface area contributed by atoms with Gasteiger partial charge in [0.2, 0.25) is 0 Å². The molecular weight excluding hydrogens is 322 g/mol. The van der Waals surface area contributed by atoms with Gasteiger partial charge in [0, 0.05) is 28.4 Å². The van der Waals surface area contributed by atoms with Crippen molar-refractivity contribution in [2.75, 3.05) is 18.8 Å². The van der Waals surface area contributed by atoms with Gasteiger partial charge in [-0.3, -0.25) is 4.79 Å². The van der Waals surface area contributed by atoms with Crippen molar-refractivity contribution in [2.24, 2.45) is 0 Å². The Bertz CT molecular complexity index is 421. The fourth-order valence-electron chi connectivity index (χ4n) is 2.43. The number of halogens is 1. The molecule has 0 saturated carbocycles. The van der Waals surface area contributed by atoms with E-state index in [0.29, 0.717) is 5.25 Å². The molecule has 0 spiro atoms. The van der Waals surface area contributed by atoms with Gasteiger partial charge < -0.3 is 4.90 Å². The summed E-state index contributed by atoms with van der Waals surface area (Å²) in [5.41, 5.74) is 0.797. The first-order valence-electron chi connectivity index (χ1n) is 6.87. The van der Waals surface area contributed by atoms with Gasteiger partial charge in [0.15, 0.2) is 0 Å². The molecule has 1 aliphatic heterocycles. The summed E-state index contributed by atoms with van der Waals surface area (Å²) in [6, 6.07) is 7.67. The van der Waals surface area contributed by atoms with Crippen LogP contribution in [0.4, 0.5) is 0 Å². The number of amides is 1. The second-order valence-corrected chi connectivity index (χ2v) is 7.32. The Morgan fingerprint density at radius 2 is 2.11 bits per heavy atom. The van der Waals surface area contributed by atoms with E-state index in [1.54, 1.807) is 0 Å². The first kappa shape index (κ1) is 14.9. The highest BCUT2D eigenvalue weighted by Crippen LogP contribution is 2.23. The summed E-state index contributed by atoms with van der Waals surface area (Å²) in [4.78, 5) is 14.5. The molecule has 4 heteroatoms. The topological polar surface area (TPSA) is 20.3 Å². The highest BCUT2D eigenvalue weighted by Gasteiger charge is 2.22. The molecule has 1 unspecified atom stereocenters. The van der Waals surface area contributed by atoms with Crippen molar-refractivity contribution in [1.29, 1.82) is 0 Å². The summed E-state index contributed by atoms with van der Waals surface area (Å²) in [5, 5.41) is 0.604.